The maximum atomic E-state index is 11.9. The minimum Gasteiger partial charge on any atom is -0.444 e. The minimum atomic E-state index is -0.495. The maximum absolute atomic E-state index is 11.9. The maximum Gasteiger partial charge on any atom is 0.407 e. The van der Waals surface area contributed by atoms with Crippen molar-refractivity contribution in [1.29, 1.82) is 0 Å². The number of ether oxygens (including phenoxy) is 1. The van der Waals surface area contributed by atoms with E-state index in [2.05, 4.69) is 40.4 Å². The minimum absolute atomic E-state index is 0.0113. The Morgan fingerprint density at radius 1 is 1.35 bits per heavy atom. The van der Waals surface area contributed by atoms with Crippen LogP contribution in [0.25, 0.3) is 0 Å². The van der Waals surface area contributed by atoms with Gasteiger partial charge in [0.05, 0.1) is 0 Å². The molecule has 4 nitrogen and oxygen atoms in total. The summed E-state index contributed by atoms with van der Waals surface area (Å²) in [6.45, 7) is 11.0. The summed E-state index contributed by atoms with van der Waals surface area (Å²) in [5, 5.41) is 6.99. The molecule has 0 aliphatic rings. The first kappa shape index (κ1) is 20.3. The van der Waals surface area contributed by atoms with Gasteiger partial charge in [-0.3, -0.25) is 0 Å². The Morgan fingerprint density at radius 3 is 2.57 bits per heavy atom. The SMILES string of the molecule is CC(C)C(CNCc1cc(Cl)ccc1Br)NC(=O)OC(C)(C)C. The number of amides is 1. The first-order chi connectivity index (χ1) is 10.6. The number of hydrogen-bond donors (Lipinski definition) is 2. The van der Waals surface area contributed by atoms with E-state index in [0.717, 1.165) is 10.0 Å². The fourth-order valence-electron chi connectivity index (χ4n) is 1.95. The van der Waals surface area contributed by atoms with Crippen LogP contribution in [0, 0.1) is 5.92 Å². The van der Waals surface area contributed by atoms with Gasteiger partial charge in [-0.2, -0.15) is 0 Å². The second-order valence-corrected chi connectivity index (χ2v) is 8.15. The largest absolute Gasteiger partial charge is 0.444 e. The van der Waals surface area contributed by atoms with Crippen molar-refractivity contribution in [2.24, 2.45) is 5.92 Å². The summed E-state index contributed by atoms with van der Waals surface area (Å²) in [5.74, 6) is 0.290. The average molecular weight is 406 g/mol. The standard InChI is InChI=1S/C17H26BrClN2O2/c1-11(2)15(21-16(22)23-17(3,4)5)10-20-9-12-8-13(19)6-7-14(12)18/h6-8,11,15,20H,9-10H2,1-5H3,(H,21,22). The third-order valence-electron chi connectivity index (χ3n) is 3.19. The smallest absolute Gasteiger partial charge is 0.407 e. The van der Waals surface area contributed by atoms with Gasteiger partial charge in [0.15, 0.2) is 0 Å². The molecule has 1 aromatic carbocycles. The van der Waals surface area contributed by atoms with Crippen molar-refractivity contribution >= 4 is 33.6 Å². The van der Waals surface area contributed by atoms with Crippen LogP contribution < -0.4 is 10.6 Å². The second-order valence-electron chi connectivity index (χ2n) is 6.86. The number of rotatable bonds is 6. The number of benzene rings is 1. The van der Waals surface area contributed by atoms with E-state index in [1.807, 2.05) is 39.0 Å². The Bertz CT molecular complexity index is 530. The van der Waals surface area contributed by atoms with Gasteiger partial charge in [-0.25, -0.2) is 4.79 Å². The summed E-state index contributed by atoms with van der Waals surface area (Å²) >= 11 is 9.53. The highest BCUT2D eigenvalue weighted by atomic mass is 79.9. The molecular weight excluding hydrogens is 380 g/mol. The average Bonchev–Trinajstić information content (AvgIpc) is 2.39. The highest BCUT2D eigenvalue weighted by Gasteiger charge is 2.21. The Balaban J connectivity index is 2.53. The molecule has 2 N–H and O–H groups in total. The molecule has 6 heteroatoms. The molecule has 0 heterocycles. The summed E-state index contributed by atoms with van der Waals surface area (Å²) in [6.07, 6.45) is -0.387. The molecule has 0 aliphatic heterocycles. The lowest BCUT2D eigenvalue weighted by atomic mass is 10.0. The van der Waals surface area contributed by atoms with Gasteiger partial charge >= 0.3 is 6.09 Å². The van der Waals surface area contributed by atoms with E-state index in [1.54, 1.807) is 0 Å². The quantitative estimate of drug-likeness (QED) is 0.718. The van der Waals surface area contributed by atoms with Crippen LogP contribution >= 0.6 is 27.5 Å². The van der Waals surface area contributed by atoms with Gasteiger partial charge in [-0.05, 0) is 50.5 Å². The van der Waals surface area contributed by atoms with Gasteiger partial charge in [0.25, 0.3) is 0 Å². The van der Waals surface area contributed by atoms with Crippen LogP contribution in [0.5, 0.6) is 0 Å². The van der Waals surface area contributed by atoms with Crippen LogP contribution in [0.3, 0.4) is 0 Å². The van der Waals surface area contributed by atoms with E-state index >= 15 is 0 Å². The molecule has 0 bridgehead atoms. The molecule has 0 saturated carbocycles. The molecular formula is C17H26BrClN2O2. The van der Waals surface area contributed by atoms with Gasteiger partial charge in [0.1, 0.15) is 5.60 Å². The van der Waals surface area contributed by atoms with Crippen molar-refractivity contribution in [2.75, 3.05) is 6.54 Å². The van der Waals surface area contributed by atoms with Crippen molar-refractivity contribution in [1.82, 2.24) is 10.6 Å². The van der Waals surface area contributed by atoms with Gasteiger partial charge < -0.3 is 15.4 Å². The Kier molecular flexibility index (Phi) is 7.84. The number of alkyl carbamates (subject to hydrolysis) is 1. The summed E-state index contributed by atoms with van der Waals surface area (Å²) in [6, 6.07) is 5.68. The summed E-state index contributed by atoms with van der Waals surface area (Å²) in [7, 11) is 0. The van der Waals surface area contributed by atoms with Crippen molar-refractivity contribution in [3.63, 3.8) is 0 Å². The number of carbonyl (C=O) groups excluding carboxylic acids is 1. The Labute approximate surface area is 152 Å². The van der Waals surface area contributed by atoms with Crippen molar-refractivity contribution < 1.29 is 9.53 Å². The van der Waals surface area contributed by atoms with E-state index < -0.39 is 5.60 Å². The monoisotopic (exact) mass is 404 g/mol. The van der Waals surface area contributed by atoms with Crippen LogP contribution in [0.1, 0.15) is 40.2 Å². The molecule has 0 aromatic heterocycles. The molecule has 1 atom stereocenters. The molecule has 0 fully saturated rings. The predicted octanol–water partition coefficient (Wildman–Crippen LogP) is 4.74. The fourth-order valence-corrected chi connectivity index (χ4v) is 2.53. The fraction of sp³-hybridized carbons (Fsp3) is 0.588. The van der Waals surface area contributed by atoms with E-state index in [1.165, 1.54) is 0 Å². The molecule has 23 heavy (non-hydrogen) atoms. The van der Waals surface area contributed by atoms with Gasteiger partial charge in [0, 0.05) is 28.6 Å². The van der Waals surface area contributed by atoms with E-state index in [4.69, 9.17) is 16.3 Å². The lowest BCUT2D eigenvalue weighted by Crippen LogP contribution is -2.46. The van der Waals surface area contributed by atoms with Gasteiger partial charge in [0.2, 0.25) is 0 Å². The second kappa shape index (κ2) is 8.90. The first-order valence-electron chi connectivity index (χ1n) is 7.72. The van der Waals surface area contributed by atoms with Crippen LogP contribution in [-0.4, -0.2) is 24.3 Å². The van der Waals surface area contributed by atoms with Crippen molar-refractivity contribution in [3.8, 4) is 0 Å². The van der Waals surface area contributed by atoms with Crippen molar-refractivity contribution in [3.05, 3.63) is 33.3 Å². The van der Waals surface area contributed by atoms with E-state index in [0.29, 0.717) is 18.1 Å². The molecule has 0 spiro atoms. The van der Waals surface area contributed by atoms with E-state index in [9.17, 15) is 4.79 Å². The molecule has 0 radical (unpaired) electrons. The first-order valence-corrected chi connectivity index (χ1v) is 8.89. The molecule has 1 amide bonds. The number of halogens is 2. The van der Waals surface area contributed by atoms with Crippen molar-refractivity contribution in [2.45, 2.75) is 52.8 Å². The summed E-state index contributed by atoms with van der Waals surface area (Å²) in [5.41, 5.74) is 0.585. The van der Waals surface area contributed by atoms with Crippen LogP contribution in [0.15, 0.2) is 22.7 Å². The molecule has 130 valence electrons. The molecule has 0 aliphatic carbocycles. The summed E-state index contributed by atoms with van der Waals surface area (Å²) in [4.78, 5) is 11.9. The van der Waals surface area contributed by atoms with Gasteiger partial charge in [-0.15, -0.1) is 0 Å². The third-order valence-corrected chi connectivity index (χ3v) is 4.20. The molecule has 0 saturated heterocycles. The van der Waals surface area contributed by atoms with Gasteiger partial charge in [-0.1, -0.05) is 41.4 Å². The zero-order valence-corrected chi connectivity index (χ0v) is 16.7. The molecule has 1 rings (SSSR count). The third kappa shape index (κ3) is 8.04. The Morgan fingerprint density at radius 2 is 2.00 bits per heavy atom. The highest BCUT2D eigenvalue weighted by Crippen LogP contribution is 2.21. The molecule has 1 unspecified atom stereocenters. The lowest BCUT2D eigenvalue weighted by Gasteiger charge is -2.26. The van der Waals surface area contributed by atoms with Crippen LogP contribution in [0.4, 0.5) is 4.79 Å². The lowest BCUT2D eigenvalue weighted by molar-refractivity contribution is 0.0490. The van der Waals surface area contributed by atoms with E-state index in [-0.39, 0.29) is 18.1 Å². The highest BCUT2D eigenvalue weighted by molar-refractivity contribution is 9.10. The number of hydrogen-bond acceptors (Lipinski definition) is 3. The Hall–Kier alpha value is -0.780. The predicted molar refractivity (Wildman–Crippen MR) is 98.9 cm³/mol. The summed E-state index contributed by atoms with van der Waals surface area (Å²) < 4.78 is 6.32. The zero-order chi connectivity index (χ0) is 17.6. The topological polar surface area (TPSA) is 50.4 Å². The normalized spacial score (nSPS) is 13.0. The number of nitrogens with one attached hydrogen (secondary N) is 2. The van der Waals surface area contributed by atoms with Crippen LogP contribution in [-0.2, 0) is 11.3 Å². The zero-order valence-electron chi connectivity index (χ0n) is 14.4. The number of carbonyl (C=O) groups is 1. The van der Waals surface area contributed by atoms with Crippen LogP contribution in [0.2, 0.25) is 5.02 Å². The molecule has 1 aromatic rings.